The van der Waals surface area contributed by atoms with Crippen molar-refractivity contribution in [2.24, 2.45) is 0 Å². The molecule has 11 heteroatoms. The Morgan fingerprint density at radius 2 is 1.67 bits per heavy atom. The van der Waals surface area contributed by atoms with Crippen molar-refractivity contribution in [3.63, 3.8) is 0 Å². The fourth-order valence-electron chi connectivity index (χ4n) is 2.25. The SMILES string of the molecule is CC(=O)OCC1O[C@@H](NS(C)(=O)=O)C[C@@H](OC(C)=O)[C@@H]1OC(C)=O. The van der Waals surface area contributed by atoms with Crippen molar-refractivity contribution in [1.82, 2.24) is 4.72 Å². The standard InChI is InChI=1S/C13H21NO9S/c1-7(15)20-6-11-13(22-9(3)17)10(21-8(2)16)5-12(23-11)14-24(4,18)19/h10-14H,5-6H2,1-4H3/t10-,11?,12-,13+/m1/s1. The van der Waals surface area contributed by atoms with E-state index in [-0.39, 0.29) is 13.0 Å². The average molecular weight is 367 g/mol. The zero-order valence-corrected chi connectivity index (χ0v) is 14.6. The fourth-order valence-corrected chi connectivity index (χ4v) is 2.88. The molecule has 0 amide bonds. The summed E-state index contributed by atoms with van der Waals surface area (Å²) < 4.78 is 45.6. The summed E-state index contributed by atoms with van der Waals surface area (Å²) in [5.41, 5.74) is 0. The first kappa shape index (κ1) is 20.3. The van der Waals surface area contributed by atoms with Crippen LogP contribution in [0.25, 0.3) is 0 Å². The lowest BCUT2D eigenvalue weighted by atomic mass is 10.0. The maximum atomic E-state index is 11.4. The van der Waals surface area contributed by atoms with Crippen LogP contribution >= 0.6 is 0 Å². The Morgan fingerprint density at radius 1 is 1.08 bits per heavy atom. The summed E-state index contributed by atoms with van der Waals surface area (Å²) in [5.74, 6) is -1.88. The molecule has 1 aliphatic rings. The lowest BCUT2D eigenvalue weighted by Gasteiger charge is -2.40. The van der Waals surface area contributed by atoms with E-state index in [9.17, 15) is 22.8 Å². The second-order valence-electron chi connectivity index (χ2n) is 5.31. The van der Waals surface area contributed by atoms with Crippen LogP contribution in [0.3, 0.4) is 0 Å². The molecule has 0 bridgehead atoms. The van der Waals surface area contributed by atoms with Gasteiger partial charge in [-0.2, -0.15) is 4.72 Å². The lowest BCUT2D eigenvalue weighted by molar-refractivity contribution is -0.216. The molecular weight excluding hydrogens is 346 g/mol. The van der Waals surface area contributed by atoms with Gasteiger partial charge in [-0.25, -0.2) is 8.42 Å². The van der Waals surface area contributed by atoms with E-state index in [1.54, 1.807) is 0 Å². The number of rotatable bonds is 6. The first-order valence-electron chi connectivity index (χ1n) is 7.08. The molecule has 1 unspecified atom stereocenters. The van der Waals surface area contributed by atoms with Gasteiger partial charge >= 0.3 is 17.9 Å². The van der Waals surface area contributed by atoms with Gasteiger partial charge in [0.25, 0.3) is 0 Å². The number of hydrogen-bond acceptors (Lipinski definition) is 9. The maximum absolute atomic E-state index is 11.4. The predicted molar refractivity (Wildman–Crippen MR) is 79.0 cm³/mol. The van der Waals surface area contributed by atoms with Gasteiger partial charge in [0.05, 0.1) is 6.26 Å². The van der Waals surface area contributed by atoms with Gasteiger partial charge in [0.2, 0.25) is 10.0 Å². The Labute approximate surface area is 139 Å². The molecule has 0 aromatic heterocycles. The summed E-state index contributed by atoms with van der Waals surface area (Å²) in [4.78, 5) is 33.6. The van der Waals surface area contributed by atoms with Crippen LogP contribution < -0.4 is 4.72 Å². The number of carbonyl (C=O) groups excluding carboxylic acids is 3. The van der Waals surface area contributed by atoms with Gasteiger partial charge in [-0.3, -0.25) is 14.4 Å². The Balaban J connectivity index is 3.01. The molecule has 138 valence electrons. The van der Waals surface area contributed by atoms with E-state index in [2.05, 4.69) is 4.72 Å². The van der Waals surface area contributed by atoms with Crippen molar-refractivity contribution in [3.05, 3.63) is 0 Å². The van der Waals surface area contributed by atoms with Crippen molar-refractivity contribution < 1.29 is 41.7 Å². The second-order valence-corrected chi connectivity index (χ2v) is 7.09. The Kier molecular flexibility index (Phi) is 7.11. The lowest BCUT2D eigenvalue weighted by Crippen LogP contribution is -2.57. The summed E-state index contributed by atoms with van der Waals surface area (Å²) in [7, 11) is -3.60. The smallest absolute Gasteiger partial charge is 0.303 e. The third-order valence-corrected chi connectivity index (χ3v) is 3.63. The van der Waals surface area contributed by atoms with Crippen LogP contribution in [-0.4, -0.2) is 63.7 Å². The summed E-state index contributed by atoms with van der Waals surface area (Å²) in [6.07, 6.45) is -3.16. The average Bonchev–Trinajstić information content (AvgIpc) is 2.36. The van der Waals surface area contributed by atoms with Crippen LogP contribution in [0.4, 0.5) is 0 Å². The topological polar surface area (TPSA) is 134 Å². The van der Waals surface area contributed by atoms with Gasteiger partial charge in [-0.15, -0.1) is 0 Å². The van der Waals surface area contributed by atoms with Crippen molar-refractivity contribution >= 4 is 27.9 Å². The van der Waals surface area contributed by atoms with E-state index in [1.807, 2.05) is 0 Å². The monoisotopic (exact) mass is 367 g/mol. The number of nitrogens with one attached hydrogen (secondary N) is 1. The number of ether oxygens (including phenoxy) is 4. The highest BCUT2D eigenvalue weighted by molar-refractivity contribution is 7.88. The van der Waals surface area contributed by atoms with Crippen LogP contribution in [-0.2, 0) is 43.4 Å². The molecule has 1 aliphatic heterocycles. The number of esters is 3. The van der Waals surface area contributed by atoms with E-state index in [4.69, 9.17) is 18.9 Å². The third kappa shape index (κ3) is 7.23. The van der Waals surface area contributed by atoms with Gasteiger partial charge in [0, 0.05) is 27.2 Å². The van der Waals surface area contributed by atoms with Crippen molar-refractivity contribution in [2.45, 2.75) is 51.7 Å². The normalized spacial score (nSPS) is 27.2. The molecular formula is C13H21NO9S. The van der Waals surface area contributed by atoms with Crippen LogP contribution in [0, 0.1) is 0 Å². The van der Waals surface area contributed by atoms with Gasteiger partial charge in [0.15, 0.2) is 6.10 Å². The minimum Gasteiger partial charge on any atom is -0.463 e. The quantitative estimate of drug-likeness (QED) is 0.467. The molecule has 1 saturated heterocycles. The van der Waals surface area contributed by atoms with Crippen LogP contribution in [0.5, 0.6) is 0 Å². The molecule has 1 rings (SSSR count). The molecule has 1 N–H and O–H groups in total. The first-order chi connectivity index (χ1) is 11.0. The molecule has 1 heterocycles. The van der Waals surface area contributed by atoms with Gasteiger partial charge < -0.3 is 18.9 Å². The van der Waals surface area contributed by atoms with Crippen LogP contribution in [0.1, 0.15) is 27.2 Å². The Hall–Kier alpha value is -1.72. The third-order valence-electron chi connectivity index (χ3n) is 2.93. The Morgan fingerprint density at radius 3 is 2.12 bits per heavy atom. The number of hydrogen-bond donors (Lipinski definition) is 1. The van der Waals surface area contributed by atoms with E-state index in [0.717, 1.165) is 13.2 Å². The zero-order valence-electron chi connectivity index (χ0n) is 13.8. The number of sulfonamides is 1. The second kappa shape index (κ2) is 8.40. The minimum atomic E-state index is -3.60. The fraction of sp³-hybridized carbons (Fsp3) is 0.769. The van der Waals surface area contributed by atoms with Gasteiger partial charge in [-0.1, -0.05) is 0 Å². The molecule has 4 atom stereocenters. The van der Waals surface area contributed by atoms with Crippen LogP contribution in [0.2, 0.25) is 0 Å². The Bertz CT molecular complexity index is 588. The highest BCUT2D eigenvalue weighted by atomic mass is 32.2. The van der Waals surface area contributed by atoms with Gasteiger partial charge in [0.1, 0.15) is 25.0 Å². The van der Waals surface area contributed by atoms with E-state index in [0.29, 0.717) is 0 Å². The molecule has 1 fully saturated rings. The van der Waals surface area contributed by atoms with E-state index in [1.165, 1.54) is 13.8 Å². The molecule has 0 spiro atoms. The maximum Gasteiger partial charge on any atom is 0.303 e. The van der Waals surface area contributed by atoms with Crippen molar-refractivity contribution in [1.29, 1.82) is 0 Å². The van der Waals surface area contributed by atoms with Gasteiger partial charge in [-0.05, 0) is 0 Å². The molecule has 24 heavy (non-hydrogen) atoms. The molecule has 0 saturated carbocycles. The first-order valence-corrected chi connectivity index (χ1v) is 8.97. The van der Waals surface area contributed by atoms with Crippen molar-refractivity contribution in [2.75, 3.05) is 12.9 Å². The zero-order chi connectivity index (χ0) is 18.5. The molecule has 0 aromatic rings. The highest BCUT2D eigenvalue weighted by Crippen LogP contribution is 2.25. The molecule has 0 aromatic carbocycles. The summed E-state index contributed by atoms with van der Waals surface area (Å²) in [6, 6.07) is 0. The molecule has 0 radical (unpaired) electrons. The molecule has 0 aliphatic carbocycles. The summed E-state index contributed by atoms with van der Waals surface area (Å²) in [6.45, 7) is 3.21. The summed E-state index contributed by atoms with van der Waals surface area (Å²) >= 11 is 0. The van der Waals surface area contributed by atoms with Crippen molar-refractivity contribution in [3.8, 4) is 0 Å². The predicted octanol–water partition coefficient (Wildman–Crippen LogP) is -0.923. The van der Waals surface area contributed by atoms with Crippen LogP contribution in [0.15, 0.2) is 0 Å². The van der Waals surface area contributed by atoms with E-state index < -0.39 is 52.5 Å². The largest absolute Gasteiger partial charge is 0.463 e. The molecule has 10 nitrogen and oxygen atoms in total. The summed E-state index contributed by atoms with van der Waals surface area (Å²) in [5, 5.41) is 0. The van der Waals surface area contributed by atoms with E-state index >= 15 is 0 Å². The number of carbonyl (C=O) groups is 3. The minimum absolute atomic E-state index is 0.0683. The highest BCUT2D eigenvalue weighted by Gasteiger charge is 2.44.